The van der Waals surface area contributed by atoms with Crippen LogP contribution in [0.2, 0.25) is 0 Å². The first-order valence-corrected chi connectivity index (χ1v) is 5.77. The van der Waals surface area contributed by atoms with E-state index in [1.54, 1.807) is 24.3 Å². The molecule has 7 heteroatoms. The molecule has 0 radical (unpaired) electrons. The van der Waals surface area contributed by atoms with Gasteiger partial charge in [-0.3, -0.25) is 4.90 Å². The largest absolute Gasteiger partial charge is 0.405 e. The number of aliphatic hydroxyl groups excluding tert-OH is 1. The highest BCUT2D eigenvalue weighted by molar-refractivity contribution is 5.93. The van der Waals surface area contributed by atoms with Crippen LogP contribution in [0.25, 0.3) is 0 Å². The zero-order chi connectivity index (χ0) is 14.0. The van der Waals surface area contributed by atoms with Crippen LogP contribution in [-0.2, 0) is 0 Å². The summed E-state index contributed by atoms with van der Waals surface area (Å²) in [6, 6.07) is 5.82. The molecular formula is C12H13F3N2O2. The SMILES string of the molecule is O=C(NCC(F)(F)F)N1CCC(O)c2ccccc21. The van der Waals surface area contributed by atoms with Crippen molar-refractivity contribution in [2.75, 3.05) is 18.0 Å². The van der Waals surface area contributed by atoms with Crippen LogP contribution in [0.15, 0.2) is 24.3 Å². The number of alkyl halides is 3. The normalized spacial score (nSPS) is 18.9. The first-order chi connectivity index (χ1) is 8.88. The van der Waals surface area contributed by atoms with Crippen LogP contribution in [0.3, 0.4) is 0 Å². The van der Waals surface area contributed by atoms with E-state index in [0.29, 0.717) is 17.7 Å². The van der Waals surface area contributed by atoms with Crippen LogP contribution in [0.1, 0.15) is 18.1 Å². The van der Waals surface area contributed by atoms with Gasteiger partial charge in [-0.25, -0.2) is 4.79 Å². The number of fused-ring (bicyclic) bond motifs is 1. The summed E-state index contributed by atoms with van der Waals surface area (Å²) in [5.74, 6) is 0. The number of aliphatic hydroxyl groups is 1. The van der Waals surface area contributed by atoms with Crippen LogP contribution in [0, 0.1) is 0 Å². The van der Waals surface area contributed by atoms with Crippen molar-refractivity contribution in [3.63, 3.8) is 0 Å². The summed E-state index contributed by atoms with van der Waals surface area (Å²) < 4.78 is 36.2. The number of nitrogens with zero attached hydrogens (tertiary/aromatic N) is 1. The van der Waals surface area contributed by atoms with Crippen LogP contribution in [0.5, 0.6) is 0 Å². The van der Waals surface area contributed by atoms with Crippen LogP contribution in [0.4, 0.5) is 23.7 Å². The molecule has 1 aliphatic heterocycles. The van der Waals surface area contributed by atoms with E-state index in [9.17, 15) is 23.1 Å². The number of nitrogens with one attached hydrogen (secondary N) is 1. The molecule has 0 bridgehead atoms. The highest BCUT2D eigenvalue weighted by atomic mass is 19.4. The molecule has 0 saturated carbocycles. The van der Waals surface area contributed by atoms with Gasteiger partial charge < -0.3 is 10.4 Å². The van der Waals surface area contributed by atoms with E-state index in [1.165, 1.54) is 4.90 Å². The van der Waals surface area contributed by atoms with Gasteiger partial charge in [0.1, 0.15) is 6.54 Å². The second kappa shape index (κ2) is 5.08. The molecule has 104 valence electrons. The average molecular weight is 274 g/mol. The molecule has 2 N–H and O–H groups in total. The van der Waals surface area contributed by atoms with E-state index in [2.05, 4.69) is 0 Å². The fourth-order valence-corrected chi connectivity index (χ4v) is 2.02. The lowest BCUT2D eigenvalue weighted by Gasteiger charge is -2.32. The Balaban J connectivity index is 2.14. The van der Waals surface area contributed by atoms with E-state index >= 15 is 0 Å². The molecule has 0 fully saturated rings. The molecule has 2 amide bonds. The van der Waals surface area contributed by atoms with E-state index < -0.39 is 24.9 Å². The maximum atomic E-state index is 12.1. The Bertz CT molecular complexity index is 476. The monoisotopic (exact) mass is 274 g/mol. The van der Waals surface area contributed by atoms with Gasteiger partial charge in [-0.1, -0.05) is 18.2 Å². The molecule has 19 heavy (non-hydrogen) atoms. The first kappa shape index (κ1) is 13.7. The summed E-state index contributed by atoms with van der Waals surface area (Å²) in [5, 5.41) is 11.6. The Morgan fingerprint density at radius 1 is 1.42 bits per heavy atom. The minimum absolute atomic E-state index is 0.182. The summed E-state index contributed by atoms with van der Waals surface area (Å²) in [6.45, 7) is -1.19. The highest BCUT2D eigenvalue weighted by Crippen LogP contribution is 2.33. The molecule has 0 aliphatic carbocycles. The van der Waals surface area contributed by atoms with Crippen molar-refractivity contribution in [1.29, 1.82) is 0 Å². The van der Waals surface area contributed by atoms with Gasteiger partial charge in [0.25, 0.3) is 0 Å². The third-order valence-corrected chi connectivity index (χ3v) is 2.90. The number of hydrogen-bond acceptors (Lipinski definition) is 2. The number of rotatable bonds is 1. The van der Waals surface area contributed by atoms with Gasteiger partial charge in [0, 0.05) is 12.1 Å². The number of para-hydroxylation sites is 1. The minimum atomic E-state index is -4.44. The Labute approximate surface area is 107 Å². The molecule has 0 spiro atoms. The predicted octanol–water partition coefficient (Wildman–Crippen LogP) is 2.20. The van der Waals surface area contributed by atoms with Crippen molar-refractivity contribution < 1.29 is 23.1 Å². The van der Waals surface area contributed by atoms with E-state index in [-0.39, 0.29) is 6.54 Å². The summed E-state index contributed by atoms with van der Waals surface area (Å²) in [4.78, 5) is 13.0. The summed E-state index contributed by atoms with van der Waals surface area (Å²) in [6.07, 6.45) is -4.83. The maximum Gasteiger partial charge on any atom is 0.405 e. The van der Waals surface area contributed by atoms with E-state index in [4.69, 9.17) is 0 Å². The van der Waals surface area contributed by atoms with Gasteiger partial charge in [-0.2, -0.15) is 13.2 Å². The lowest BCUT2D eigenvalue weighted by molar-refractivity contribution is -0.122. The Morgan fingerprint density at radius 2 is 2.11 bits per heavy atom. The topological polar surface area (TPSA) is 52.6 Å². The van der Waals surface area contributed by atoms with Crippen molar-refractivity contribution in [1.82, 2.24) is 5.32 Å². The molecule has 1 aromatic rings. The molecule has 0 aromatic heterocycles. The average Bonchev–Trinajstić information content (AvgIpc) is 2.36. The number of carbonyl (C=O) groups is 1. The summed E-state index contributed by atoms with van der Waals surface area (Å²) >= 11 is 0. The Hall–Kier alpha value is -1.76. The quantitative estimate of drug-likeness (QED) is 0.825. The number of urea groups is 1. The first-order valence-electron chi connectivity index (χ1n) is 5.77. The number of carbonyl (C=O) groups excluding carboxylic acids is 1. The molecule has 1 aliphatic rings. The standard InChI is InChI=1S/C12H13F3N2O2/c13-12(14,15)7-16-11(19)17-6-5-10(18)8-3-1-2-4-9(8)17/h1-4,10,18H,5-7H2,(H,16,19). The molecule has 1 atom stereocenters. The molecule has 1 heterocycles. The molecule has 1 unspecified atom stereocenters. The molecule has 2 rings (SSSR count). The fourth-order valence-electron chi connectivity index (χ4n) is 2.02. The minimum Gasteiger partial charge on any atom is -0.388 e. The van der Waals surface area contributed by atoms with Crippen molar-refractivity contribution >= 4 is 11.7 Å². The highest BCUT2D eigenvalue weighted by Gasteiger charge is 2.31. The van der Waals surface area contributed by atoms with Crippen molar-refractivity contribution in [3.8, 4) is 0 Å². The number of benzene rings is 1. The van der Waals surface area contributed by atoms with E-state index in [0.717, 1.165) is 0 Å². The van der Waals surface area contributed by atoms with Gasteiger partial charge in [-0.05, 0) is 12.5 Å². The van der Waals surface area contributed by atoms with Crippen molar-refractivity contribution in [2.24, 2.45) is 0 Å². The van der Waals surface area contributed by atoms with Crippen LogP contribution < -0.4 is 10.2 Å². The summed E-state index contributed by atoms with van der Waals surface area (Å²) in [7, 11) is 0. The maximum absolute atomic E-state index is 12.1. The fraction of sp³-hybridized carbons (Fsp3) is 0.417. The number of anilines is 1. The van der Waals surface area contributed by atoms with Gasteiger partial charge >= 0.3 is 12.2 Å². The second-order valence-electron chi connectivity index (χ2n) is 4.29. The van der Waals surface area contributed by atoms with Gasteiger partial charge in [0.2, 0.25) is 0 Å². The van der Waals surface area contributed by atoms with Gasteiger partial charge in [0.05, 0.1) is 11.8 Å². The van der Waals surface area contributed by atoms with Crippen LogP contribution in [-0.4, -0.2) is 30.4 Å². The van der Waals surface area contributed by atoms with E-state index in [1.807, 2.05) is 5.32 Å². The smallest absolute Gasteiger partial charge is 0.388 e. The molecule has 0 saturated heterocycles. The summed E-state index contributed by atoms with van der Waals surface area (Å²) in [5.41, 5.74) is 0.997. The molecular weight excluding hydrogens is 261 g/mol. The number of halogens is 3. The number of hydrogen-bond donors (Lipinski definition) is 2. The molecule has 1 aromatic carbocycles. The number of amides is 2. The van der Waals surface area contributed by atoms with Crippen LogP contribution >= 0.6 is 0 Å². The lowest BCUT2D eigenvalue weighted by atomic mass is 9.99. The lowest BCUT2D eigenvalue weighted by Crippen LogP contribution is -2.46. The van der Waals surface area contributed by atoms with Crippen molar-refractivity contribution in [3.05, 3.63) is 29.8 Å². The second-order valence-corrected chi connectivity index (χ2v) is 4.29. The third-order valence-electron chi connectivity index (χ3n) is 2.90. The third kappa shape index (κ3) is 3.17. The van der Waals surface area contributed by atoms with Gasteiger partial charge in [0.15, 0.2) is 0 Å². The zero-order valence-electron chi connectivity index (χ0n) is 9.94. The Kier molecular flexibility index (Phi) is 3.66. The zero-order valence-corrected chi connectivity index (χ0v) is 9.94. The van der Waals surface area contributed by atoms with Gasteiger partial charge in [-0.15, -0.1) is 0 Å². The molecule has 4 nitrogen and oxygen atoms in total. The Morgan fingerprint density at radius 3 is 2.79 bits per heavy atom. The van der Waals surface area contributed by atoms with Crippen molar-refractivity contribution in [2.45, 2.75) is 18.7 Å². The predicted molar refractivity (Wildman–Crippen MR) is 62.8 cm³/mol.